The summed E-state index contributed by atoms with van der Waals surface area (Å²) < 4.78 is 5.10. The van der Waals surface area contributed by atoms with E-state index in [1.165, 1.54) is 0 Å². The molecule has 0 aromatic carbocycles. The topological polar surface area (TPSA) is 26.3 Å². The Morgan fingerprint density at radius 2 is 2.14 bits per heavy atom. The molecule has 0 bridgehead atoms. The number of rotatable bonds is 4. The van der Waals surface area contributed by atoms with Crippen LogP contribution in [0.1, 0.15) is 32.6 Å². The average Bonchev–Trinajstić information content (AvgIpc) is 2.65. The molecule has 14 heavy (non-hydrogen) atoms. The second-order valence-corrected chi connectivity index (χ2v) is 3.68. The Bertz CT molecular complexity index is 235. The van der Waals surface area contributed by atoms with Gasteiger partial charge in [0.15, 0.2) is 0 Å². The van der Waals surface area contributed by atoms with Crippen LogP contribution in [0.3, 0.4) is 0 Å². The van der Waals surface area contributed by atoms with Crippen molar-refractivity contribution in [3.05, 3.63) is 24.8 Å². The van der Waals surface area contributed by atoms with Crippen molar-refractivity contribution < 1.29 is 9.53 Å². The largest absolute Gasteiger partial charge is 0.465 e. The Kier molecular flexibility index (Phi) is 3.93. The Hall–Kier alpha value is -1.05. The van der Waals surface area contributed by atoms with Gasteiger partial charge in [-0.05, 0) is 19.8 Å². The first-order chi connectivity index (χ1) is 6.75. The Labute approximate surface area is 85.6 Å². The lowest BCUT2D eigenvalue weighted by molar-refractivity contribution is -0.152. The van der Waals surface area contributed by atoms with Crippen molar-refractivity contribution in [3.8, 4) is 0 Å². The summed E-state index contributed by atoms with van der Waals surface area (Å²) in [5.41, 5.74) is -0.357. The van der Waals surface area contributed by atoms with Crippen LogP contribution in [-0.2, 0) is 9.53 Å². The number of ether oxygens (including phenoxy) is 1. The summed E-state index contributed by atoms with van der Waals surface area (Å²) in [6.45, 7) is 5.92. The van der Waals surface area contributed by atoms with Crippen molar-refractivity contribution >= 4 is 5.97 Å². The number of allylic oxidation sites excluding steroid dienone is 2. The van der Waals surface area contributed by atoms with Gasteiger partial charge in [-0.15, -0.1) is 0 Å². The van der Waals surface area contributed by atoms with Crippen LogP contribution < -0.4 is 0 Å². The summed E-state index contributed by atoms with van der Waals surface area (Å²) in [6.07, 6.45) is 9.56. The first kappa shape index (κ1) is 11.0. The summed E-state index contributed by atoms with van der Waals surface area (Å²) in [5.74, 6) is -0.0735. The van der Waals surface area contributed by atoms with Crippen molar-refractivity contribution in [1.29, 1.82) is 0 Å². The fraction of sp³-hybridized carbons (Fsp3) is 0.583. The molecule has 0 unspecified atom stereocenters. The van der Waals surface area contributed by atoms with Crippen LogP contribution in [0.5, 0.6) is 0 Å². The fourth-order valence-corrected chi connectivity index (χ4v) is 1.97. The summed E-state index contributed by atoms with van der Waals surface area (Å²) >= 11 is 0. The van der Waals surface area contributed by atoms with Gasteiger partial charge in [-0.1, -0.05) is 37.6 Å². The van der Waals surface area contributed by atoms with Crippen molar-refractivity contribution in [2.75, 3.05) is 6.61 Å². The fourth-order valence-electron chi connectivity index (χ4n) is 1.97. The van der Waals surface area contributed by atoms with Crippen LogP contribution >= 0.6 is 0 Å². The van der Waals surface area contributed by atoms with Crippen LogP contribution in [0.15, 0.2) is 24.8 Å². The van der Waals surface area contributed by atoms with Gasteiger partial charge in [-0.25, -0.2) is 0 Å². The highest BCUT2D eigenvalue weighted by atomic mass is 16.5. The molecular weight excluding hydrogens is 176 g/mol. The third-order valence-electron chi connectivity index (χ3n) is 2.73. The highest BCUT2D eigenvalue weighted by molar-refractivity contribution is 5.79. The maximum absolute atomic E-state index is 11.8. The SMILES string of the molecule is C=C/C=C/C1(C(=O)OCC)CCCC1. The van der Waals surface area contributed by atoms with Crippen molar-refractivity contribution in [2.45, 2.75) is 32.6 Å². The highest BCUT2D eigenvalue weighted by Gasteiger charge is 2.39. The zero-order valence-corrected chi connectivity index (χ0v) is 8.79. The van der Waals surface area contributed by atoms with Crippen LogP contribution in [-0.4, -0.2) is 12.6 Å². The van der Waals surface area contributed by atoms with Gasteiger partial charge in [0.25, 0.3) is 0 Å². The third-order valence-corrected chi connectivity index (χ3v) is 2.73. The van der Waals surface area contributed by atoms with E-state index in [0.717, 1.165) is 25.7 Å². The molecule has 0 amide bonds. The lowest BCUT2D eigenvalue weighted by Crippen LogP contribution is -2.27. The summed E-state index contributed by atoms with van der Waals surface area (Å²) in [5, 5.41) is 0. The summed E-state index contributed by atoms with van der Waals surface area (Å²) in [7, 11) is 0. The molecular formula is C12H18O2. The van der Waals surface area contributed by atoms with Gasteiger partial charge in [0, 0.05) is 0 Å². The van der Waals surface area contributed by atoms with E-state index in [4.69, 9.17) is 4.74 Å². The van der Waals surface area contributed by atoms with Crippen molar-refractivity contribution in [3.63, 3.8) is 0 Å². The lowest BCUT2D eigenvalue weighted by atomic mass is 9.86. The molecule has 1 fully saturated rings. The molecule has 0 aliphatic heterocycles. The Morgan fingerprint density at radius 3 is 2.64 bits per heavy atom. The smallest absolute Gasteiger partial charge is 0.315 e. The van der Waals surface area contributed by atoms with Crippen LogP contribution in [0.2, 0.25) is 0 Å². The zero-order chi connectivity index (χ0) is 10.4. The van der Waals surface area contributed by atoms with E-state index < -0.39 is 0 Å². The predicted molar refractivity (Wildman–Crippen MR) is 56.9 cm³/mol. The molecule has 0 aromatic heterocycles. The maximum Gasteiger partial charge on any atom is 0.315 e. The monoisotopic (exact) mass is 194 g/mol. The number of hydrogen-bond donors (Lipinski definition) is 0. The first-order valence-corrected chi connectivity index (χ1v) is 5.22. The van der Waals surface area contributed by atoms with E-state index in [0.29, 0.717) is 6.61 Å². The first-order valence-electron chi connectivity index (χ1n) is 5.22. The molecule has 2 nitrogen and oxygen atoms in total. The number of carbonyl (C=O) groups is 1. The van der Waals surface area contributed by atoms with Crippen LogP contribution in [0, 0.1) is 5.41 Å². The van der Waals surface area contributed by atoms with E-state index in [1.54, 1.807) is 6.08 Å². The maximum atomic E-state index is 11.8. The minimum absolute atomic E-state index is 0.0735. The van der Waals surface area contributed by atoms with Gasteiger partial charge in [0.05, 0.1) is 12.0 Å². The second-order valence-electron chi connectivity index (χ2n) is 3.68. The van der Waals surface area contributed by atoms with Gasteiger partial charge < -0.3 is 4.74 Å². The number of carbonyl (C=O) groups excluding carboxylic acids is 1. The number of esters is 1. The van der Waals surface area contributed by atoms with Gasteiger partial charge in [0.1, 0.15) is 0 Å². The molecule has 0 aromatic rings. The Morgan fingerprint density at radius 1 is 1.50 bits per heavy atom. The van der Waals surface area contributed by atoms with Crippen LogP contribution in [0.25, 0.3) is 0 Å². The molecule has 0 spiro atoms. The lowest BCUT2D eigenvalue weighted by Gasteiger charge is -2.22. The minimum Gasteiger partial charge on any atom is -0.465 e. The number of hydrogen-bond acceptors (Lipinski definition) is 2. The average molecular weight is 194 g/mol. The second kappa shape index (κ2) is 4.99. The van der Waals surface area contributed by atoms with Crippen molar-refractivity contribution in [1.82, 2.24) is 0 Å². The molecule has 2 heteroatoms. The van der Waals surface area contributed by atoms with Gasteiger partial charge in [0.2, 0.25) is 0 Å². The molecule has 0 radical (unpaired) electrons. The summed E-state index contributed by atoms with van der Waals surface area (Å²) in [4.78, 5) is 11.8. The van der Waals surface area contributed by atoms with E-state index in [9.17, 15) is 4.79 Å². The van der Waals surface area contributed by atoms with E-state index in [-0.39, 0.29) is 11.4 Å². The van der Waals surface area contributed by atoms with Gasteiger partial charge in [-0.3, -0.25) is 4.79 Å². The molecule has 0 N–H and O–H groups in total. The molecule has 1 rings (SSSR count). The van der Waals surface area contributed by atoms with Crippen molar-refractivity contribution in [2.24, 2.45) is 5.41 Å². The quantitative estimate of drug-likeness (QED) is 0.508. The standard InChI is InChI=1S/C12H18O2/c1-3-5-8-12(9-6-7-10-12)11(13)14-4-2/h3,5,8H,1,4,6-7,9-10H2,2H3/b8-5+. The molecule has 0 saturated heterocycles. The van der Waals surface area contributed by atoms with Gasteiger partial charge >= 0.3 is 5.97 Å². The molecule has 1 saturated carbocycles. The molecule has 78 valence electrons. The molecule has 0 heterocycles. The van der Waals surface area contributed by atoms with E-state index >= 15 is 0 Å². The zero-order valence-electron chi connectivity index (χ0n) is 8.79. The highest BCUT2D eigenvalue weighted by Crippen LogP contribution is 2.40. The Balaban J connectivity index is 2.75. The summed E-state index contributed by atoms with van der Waals surface area (Å²) in [6, 6.07) is 0. The molecule has 0 atom stereocenters. The normalized spacial score (nSPS) is 19.8. The van der Waals surface area contributed by atoms with Gasteiger partial charge in [-0.2, -0.15) is 0 Å². The third kappa shape index (κ3) is 2.25. The van der Waals surface area contributed by atoms with Crippen LogP contribution in [0.4, 0.5) is 0 Å². The van der Waals surface area contributed by atoms with E-state index in [2.05, 4.69) is 6.58 Å². The predicted octanol–water partition coefficient (Wildman–Crippen LogP) is 2.85. The molecule has 1 aliphatic rings. The minimum atomic E-state index is -0.357. The van der Waals surface area contributed by atoms with E-state index in [1.807, 2.05) is 19.1 Å². The molecule has 1 aliphatic carbocycles.